The van der Waals surface area contributed by atoms with Crippen LogP contribution in [0.15, 0.2) is 41.8 Å². The molecule has 124 valence electrons. The Bertz CT molecular complexity index is 742. The first-order valence-corrected chi connectivity index (χ1v) is 9.02. The van der Waals surface area contributed by atoms with E-state index < -0.39 is 5.60 Å². The van der Waals surface area contributed by atoms with Crippen LogP contribution in [0, 0.1) is 11.3 Å². The minimum Gasteiger partial charge on any atom is -0.388 e. The van der Waals surface area contributed by atoms with Crippen molar-refractivity contribution in [3.8, 4) is 6.07 Å². The summed E-state index contributed by atoms with van der Waals surface area (Å²) in [5.74, 6) is -0.175. The van der Waals surface area contributed by atoms with Crippen molar-refractivity contribution in [2.75, 3.05) is 6.54 Å². The molecular formula is C19H20N2O2S. The van der Waals surface area contributed by atoms with Crippen molar-refractivity contribution >= 4 is 17.2 Å². The third kappa shape index (κ3) is 3.66. The van der Waals surface area contributed by atoms with Crippen molar-refractivity contribution in [2.24, 2.45) is 0 Å². The molecule has 1 aliphatic carbocycles. The molecule has 4 nitrogen and oxygen atoms in total. The lowest BCUT2D eigenvalue weighted by atomic mass is 10.0. The van der Waals surface area contributed by atoms with Crippen LogP contribution >= 0.6 is 11.3 Å². The van der Waals surface area contributed by atoms with Gasteiger partial charge in [-0.05, 0) is 29.9 Å². The Kier molecular flexibility index (Phi) is 4.98. The number of aliphatic hydroxyl groups is 1. The van der Waals surface area contributed by atoms with Crippen LogP contribution < -0.4 is 0 Å². The quantitative estimate of drug-likeness (QED) is 0.905. The van der Waals surface area contributed by atoms with E-state index in [0.29, 0.717) is 23.5 Å². The molecule has 1 amide bonds. The van der Waals surface area contributed by atoms with E-state index in [0.717, 1.165) is 31.2 Å². The molecule has 2 aromatic rings. The van der Waals surface area contributed by atoms with Crippen LogP contribution in [0.3, 0.4) is 0 Å². The fraction of sp³-hybridized carbons (Fsp3) is 0.368. The monoisotopic (exact) mass is 340 g/mol. The number of carbonyl (C=O) groups excluding carboxylic acids is 1. The fourth-order valence-electron chi connectivity index (χ4n) is 3.26. The van der Waals surface area contributed by atoms with Gasteiger partial charge in [-0.2, -0.15) is 5.26 Å². The third-order valence-corrected chi connectivity index (χ3v) is 5.41. The molecule has 0 saturated heterocycles. The number of rotatable bonds is 5. The van der Waals surface area contributed by atoms with Gasteiger partial charge in [-0.15, -0.1) is 11.3 Å². The minimum absolute atomic E-state index is 0.175. The lowest BCUT2D eigenvalue weighted by Gasteiger charge is -2.31. The Morgan fingerprint density at radius 2 is 1.96 bits per heavy atom. The van der Waals surface area contributed by atoms with E-state index in [4.69, 9.17) is 0 Å². The normalized spacial score (nSPS) is 15.8. The molecule has 1 fully saturated rings. The second-order valence-electron chi connectivity index (χ2n) is 6.35. The Morgan fingerprint density at radius 3 is 2.62 bits per heavy atom. The van der Waals surface area contributed by atoms with Gasteiger partial charge < -0.3 is 10.0 Å². The van der Waals surface area contributed by atoms with Crippen molar-refractivity contribution in [1.82, 2.24) is 4.90 Å². The molecule has 0 atom stereocenters. The van der Waals surface area contributed by atoms with Gasteiger partial charge >= 0.3 is 0 Å². The molecule has 1 N–H and O–H groups in total. The van der Waals surface area contributed by atoms with Gasteiger partial charge in [0.15, 0.2) is 0 Å². The Labute approximate surface area is 146 Å². The Hall–Kier alpha value is -2.16. The van der Waals surface area contributed by atoms with Crippen molar-refractivity contribution in [3.63, 3.8) is 0 Å². The molecule has 24 heavy (non-hydrogen) atoms. The lowest BCUT2D eigenvalue weighted by molar-refractivity contribution is 0.00803. The number of hydrogen-bond donors (Lipinski definition) is 1. The predicted octanol–water partition coefficient (Wildman–Crippen LogP) is 3.57. The summed E-state index contributed by atoms with van der Waals surface area (Å²) < 4.78 is 0. The number of thiophene rings is 1. The van der Waals surface area contributed by atoms with Gasteiger partial charge in [0.2, 0.25) is 0 Å². The highest BCUT2D eigenvalue weighted by Crippen LogP contribution is 2.31. The first-order valence-electron chi connectivity index (χ1n) is 8.14. The van der Waals surface area contributed by atoms with Crippen LogP contribution in [-0.2, 0) is 6.54 Å². The number of benzene rings is 1. The maximum Gasteiger partial charge on any atom is 0.265 e. The zero-order chi connectivity index (χ0) is 17.0. The second-order valence-corrected chi connectivity index (χ2v) is 7.27. The molecule has 0 bridgehead atoms. The number of nitriles is 1. The van der Waals surface area contributed by atoms with Crippen LogP contribution in [0.4, 0.5) is 0 Å². The van der Waals surface area contributed by atoms with Crippen molar-refractivity contribution < 1.29 is 9.90 Å². The van der Waals surface area contributed by atoms with Gasteiger partial charge in [0, 0.05) is 6.54 Å². The molecule has 0 unspecified atom stereocenters. The number of nitrogens with zero attached hydrogens (tertiary/aromatic N) is 2. The minimum atomic E-state index is -0.811. The van der Waals surface area contributed by atoms with Crippen LogP contribution in [0.1, 0.15) is 46.5 Å². The van der Waals surface area contributed by atoms with Crippen molar-refractivity contribution in [1.29, 1.82) is 5.26 Å². The van der Waals surface area contributed by atoms with E-state index in [1.54, 1.807) is 16.3 Å². The third-order valence-electron chi connectivity index (χ3n) is 4.50. The van der Waals surface area contributed by atoms with Crippen LogP contribution in [0.2, 0.25) is 0 Å². The number of amides is 1. The molecular weight excluding hydrogens is 320 g/mol. The standard InChI is InChI=1S/C19H20N2O2S/c20-12-16-8-11-24-17(16)18(22)21(13-15-6-2-1-3-7-15)14-19(23)9-4-5-10-19/h1-3,6-8,11,23H,4-5,9-10,13-14H2. The molecule has 0 spiro atoms. The van der Waals surface area contributed by atoms with Gasteiger partial charge in [0.1, 0.15) is 10.9 Å². The van der Waals surface area contributed by atoms with Gasteiger partial charge in [-0.1, -0.05) is 43.2 Å². The van der Waals surface area contributed by atoms with E-state index in [1.807, 2.05) is 30.3 Å². The first-order chi connectivity index (χ1) is 11.6. The summed E-state index contributed by atoms with van der Waals surface area (Å²) >= 11 is 1.28. The molecule has 1 heterocycles. The summed E-state index contributed by atoms with van der Waals surface area (Å²) in [5.41, 5.74) is 0.609. The summed E-state index contributed by atoms with van der Waals surface area (Å²) in [4.78, 5) is 15.1. The predicted molar refractivity (Wildman–Crippen MR) is 93.6 cm³/mol. The van der Waals surface area contributed by atoms with Gasteiger partial charge in [-0.25, -0.2) is 0 Å². The molecule has 3 rings (SSSR count). The van der Waals surface area contributed by atoms with E-state index in [-0.39, 0.29) is 5.91 Å². The zero-order valence-electron chi connectivity index (χ0n) is 13.4. The lowest BCUT2D eigenvalue weighted by Crippen LogP contribution is -2.43. The van der Waals surface area contributed by atoms with E-state index in [2.05, 4.69) is 6.07 Å². The maximum absolute atomic E-state index is 13.0. The maximum atomic E-state index is 13.0. The number of carbonyl (C=O) groups is 1. The van der Waals surface area contributed by atoms with Crippen molar-refractivity contribution in [3.05, 3.63) is 57.8 Å². The summed E-state index contributed by atoms with van der Waals surface area (Å²) in [6.07, 6.45) is 3.43. The van der Waals surface area contributed by atoms with Crippen LogP contribution in [-0.4, -0.2) is 28.1 Å². The SMILES string of the molecule is N#Cc1ccsc1C(=O)N(Cc1ccccc1)CC1(O)CCCC1. The summed E-state index contributed by atoms with van der Waals surface area (Å²) in [6, 6.07) is 13.5. The topological polar surface area (TPSA) is 64.3 Å². The summed E-state index contributed by atoms with van der Waals surface area (Å²) in [5, 5.41) is 21.7. The Balaban J connectivity index is 1.86. The van der Waals surface area contributed by atoms with Gasteiger partial charge in [0.05, 0.1) is 17.7 Å². The average Bonchev–Trinajstić information content (AvgIpc) is 3.23. The molecule has 0 radical (unpaired) electrons. The fourth-order valence-corrected chi connectivity index (χ4v) is 4.07. The van der Waals surface area contributed by atoms with Crippen LogP contribution in [0.5, 0.6) is 0 Å². The first kappa shape index (κ1) is 16.7. The van der Waals surface area contributed by atoms with E-state index in [1.165, 1.54) is 11.3 Å². The average molecular weight is 340 g/mol. The largest absolute Gasteiger partial charge is 0.388 e. The van der Waals surface area contributed by atoms with Crippen molar-refractivity contribution in [2.45, 2.75) is 37.8 Å². The summed E-state index contributed by atoms with van der Waals surface area (Å²) in [7, 11) is 0. The number of hydrogen-bond acceptors (Lipinski definition) is 4. The van der Waals surface area contributed by atoms with E-state index in [9.17, 15) is 15.2 Å². The molecule has 1 aromatic carbocycles. The highest BCUT2D eigenvalue weighted by molar-refractivity contribution is 7.12. The summed E-state index contributed by atoms with van der Waals surface area (Å²) in [6.45, 7) is 0.744. The van der Waals surface area contributed by atoms with Crippen LogP contribution in [0.25, 0.3) is 0 Å². The molecule has 0 aliphatic heterocycles. The van der Waals surface area contributed by atoms with Gasteiger partial charge in [0.25, 0.3) is 5.91 Å². The molecule has 5 heteroatoms. The highest BCUT2D eigenvalue weighted by Gasteiger charge is 2.35. The molecule has 1 saturated carbocycles. The highest BCUT2D eigenvalue weighted by atomic mass is 32.1. The van der Waals surface area contributed by atoms with Gasteiger partial charge in [-0.3, -0.25) is 4.79 Å². The second kappa shape index (κ2) is 7.16. The zero-order valence-corrected chi connectivity index (χ0v) is 14.3. The van der Waals surface area contributed by atoms with E-state index >= 15 is 0 Å². The molecule has 1 aliphatic rings. The Morgan fingerprint density at radius 1 is 1.25 bits per heavy atom. The smallest absolute Gasteiger partial charge is 0.265 e. The molecule has 1 aromatic heterocycles.